The predicted octanol–water partition coefficient (Wildman–Crippen LogP) is 2.19. The zero-order chi connectivity index (χ0) is 16.9. The van der Waals surface area contributed by atoms with Gasteiger partial charge in [0.15, 0.2) is 0 Å². The normalized spacial score (nSPS) is 12.1. The van der Waals surface area contributed by atoms with Gasteiger partial charge in [0.1, 0.15) is 11.3 Å². The van der Waals surface area contributed by atoms with Gasteiger partial charge in [-0.25, -0.2) is 4.68 Å². The van der Waals surface area contributed by atoms with Crippen molar-refractivity contribution < 1.29 is 9.53 Å². The van der Waals surface area contributed by atoms with Crippen molar-refractivity contribution in [2.75, 3.05) is 7.11 Å². The fraction of sp³-hybridized carbons (Fsp3) is 0.278. The summed E-state index contributed by atoms with van der Waals surface area (Å²) in [6.45, 7) is 2.52. The van der Waals surface area contributed by atoms with Gasteiger partial charge in [-0.05, 0) is 25.1 Å². The minimum atomic E-state index is -0.0580. The number of fused-ring (bicyclic) bond motifs is 1. The van der Waals surface area contributed by atoms with Gasteiger partial charge < -0.3 is 10.1 Å². The summed E-state index contributed by atoms with van der Waals surface area (Å²) >= 11 is 0. The summed E-state index contributed by atoms with van der Waals surface area (Å²) in [6, 6.07) is 15.3. The molecule has 124 valence electrons. The number of methoxy groups -OCH3 is 1. The number of nitrogens with zero attached hydrogens (tertiary/aromatic N) is 3. The quantitative estimate of drug-likeness (QED) is 0.754. The van der Waals surface area contributed by atoms with Gasteiger partial charge in [0.25, 0.3) is 0 Å². The van der Waals surface area contributed by atoms with Crippen molar-refractivity contribution in [2.45, 2.75) is 25.9 Å². The highest BCUT2D eigenvalue weighted by Crippen LogP contribution is 2.17. The lowest BCUT2D eigenvalue weighted by Gasteiger charge is -2.15. The Morgan fingerprint density at radius 1 is 1.21 bits per heavy atom. The molecule has 0 aliphatic carbocycles. The zero-order valence-corrected chi connectivity index (χ0v) is 13.8. The summed E-state index contributed by atoms with van der Waals surface area (Å²) in [7, 11) is 1.61. The lowest BCUT2D eigenvalue weighted by atomic mass is 10.1. The second-order valence-electron chi connectivity index (χ2n) is 5.72. The summed E-state index contributed by atoms with van der Waals surface area (Å²) in [4.78, 5) is 12.3. The molecule has 0 aliphatic heterocycles. The molecule has 1 amide bonds. The highest BCUT2D eigenvalue weighted by molar-refractivity contribution is 5.79. The number of hydrogen-bond donors (Lipinski definition) is 1. The third kappa shape index (κ3) is 3.53. The Morgan fingerprint density at radius 3 is 2.79 bits per heavy atom. The van der Waals surface area contributed by atoms with Gasteiger partial charge >= 0.3 is 0 Å². The fourth-order valence-electron chi connectivity index (χ4n) is 2.71. The first-order valence-corrected chi connectivity index (χ1v) is 7.87. The Kier molecular flexibility index (Phi) is 4.74. The van der Waals surface area contributed by atoms with E-state index in [1.807, 2.05) is 60.1 Å². The van der Waals surface area contributed by atoms with Crippen LogP contribution in [-0.2, 0) is 17.8 Å². The van der Waals surface area contributed by atoms with Crippen LogP contribution in [-0.4, -0.2) is 34.1 Å². The van der Waals surface area contributed by atoms with Gasteiger partial charge in [-0.1, -0.05) is 35.5 Å². The van der Waals surface area contributed by atoms with E-state index in [0.717, 1.165) is 22.3 Å². The standard InChI is InChI=1S/C18H20N4O2/c1-13(12-22-16-9-5-4-8-15(16)20-21-22)19-18(23)11-14-7-3-6-10-17(14)24-2/h3-10,13H,11-12H2,1-2H3,(H,19,23)/t13-/m1/s1. The van der Waals surface area contributed by atoms with Crippen LogP contribution in [0.4, 0.5) is 0 Å². The molecule has 0 radical (unpaired) electrons. The SMILES string of the molecule is COc1ccccc1CC(=O)N[C@H](C)Cn1nnc2ccccc21. The average Bonchev–Trinajstić information content (AvgIpc) is 2.98. The molecule has 1 N–H and O–H groups in total. The molecule has 0 saturated heterocycles. The van der Waals surface area contributed by atoms with Gasteiger partial charge in [-0.3, -0.25) is 4.79 Å². The molecule has 2 aromatic carbocycles. The zero-order valence-electron chi connectivity index (χ0n) is 13.8. The Balaban J connectivity index is 1.62. The molecule has 0 saturated carbocycles. The van der Waals surface area contributed by atoms with E-state index >= 15 is 0 Å². The maximum absolute atomic E-state index is 12.3. The maximum atomic E-state index is 12.3. The number of ether oxygens (including phenoxy) is 1. The average molecular weight is 324 g/mol. The first kappa shape index (κ1) is 16.0. The topological polar surface area (TPSA) is 69.0 Å². The van der Waals surface area contributed by atoms with Gasteiger partial charge in [0, 0.05) is 11.6 Å². The molecule has 6 nitrogen and oxygen atoms in total. The minimum absolute atomic E-state index is 0.0450. The molecule has 1 atom stereocenters. The number of amides is 1. The maximum Gasteiger partial charge on any atom is 0.224 e. The van der Waals surface area contributed by atoms with Crippen molar-refractivity contribution in [1.29, 1.82) is 0 Å². The van der Waals surface area contributed by atoms with Gasteiger partial charge in [0.2, 0.25) is 5.91 Å². The van der Waals surface area contributed by atoms with E-state index in [4.69, 9.17) is 4.74 Å². The van der Waals surface area contributed by atoms with E-state index in [0.29, 0.717) is 6.54 Å². The number of para-hydroxylation sites is 2. The first-order valence-electron chi connectivity index (χ1n) is 7.87. The van der Waals surface area contributed by atoms with E-state index in [-0.39, 0.29) is 18.4 Å². The molecule has 0 unspecified atom stereocenters. The summed E-state index contributed by atoms with van der Waals surface area (Å²) in [5, 5.41) is 11.3. The van der Waals surface area contributed by atoms with Crippen LogP contribution in [0.25, 0.3) is 11.0 Å². The van der Waals surface area contributed by atoms with E-state index < -0.39 is 0 Å². The highest BCUT2D eigenvalue weighted by atomic mass is 16.5. The van der Waals surface area contributed by atoms with Crippen LogP contribution in [0.15, 0.2) is 48.5 Å². The van der Waals surface area contributed by atoms with Crippen molar-refractivity contribution in [3.05, 3.63) is 54.1 Å². The molecule has 0 bridgehead atoms. The van der Waals surface area contributed by atoms with Crippen molar-refractivity contribution in [3.8, 4) is 5.75 Å². The molecule has 0 fully saturated rings. The minimum Gasteiger partial charge on any atom is -0.496 e. The number of nitrogens with one attached hydrogen (secondary N) is 1. The van der Waals surface area contributed by atoms with Crippen LogP contribution >= 0.6 is 0 Å². The van der Waals surface area contributed by atoms with Crippen LogP contribution in [0.1, 0.15) is 12.5 Å². The molecule has 1 aromatic heterocycles. The second kappa shape index (κ2) is 7.12. The van der Waals surface area contributed by atoms with E-state index in [2.05, 4.69) is 15.6 Å². The number of hydrogen-bond acceptors (Lipinski definition) is 4. The lowest BCUT2D eigenvalue weighted by molar-refractivity contribution is -0.121. The Morgan fingerprint density at radius 2 is 1.96 bits per heavy atom. The van der Waals surface area contributed by atoms with Crippen molar-refractivity contribution >= 4 is 16.9 Å². The molecule has 3 aromatic rings. The molecular weight excluding hydrogens is 304 g/mol. The third-order valence-electron chi connectivity index (χ3n) is 3.82. The number of carbonyl (C=O) groups is 1. The number of rotatable bonds is 6. The molecule has 0 aliphatic rings. The fourth-order valence-corrected chi connectivity index (χ4v) is 2.71. The summed E-state index contributed by atoms with van der Waals surface area (Å²) < 4.78 is 7.09. The van der Waals surface area contributed by atoms with Crippen LogP contribution in [0.5, 0.6) is 5.75 Å². The second-order valence-corrected chi connectivity index (χ2v) is 5.72. The predicted molar refractivity (Wildman–Crippen MR) is 91.8 cm³/mol. The molecule has 24 heavy (non-hydrogen) atoms. The third-order valence-corrected chi connectivity index (χ3v) is 3.82. The first-order chi connectivity index (χ1) is 11.7. The van der Waals surface area contributed by atoms with Crippen molar-refractivity contribution in [3.63, 3.8) is 0 Å². The number of aromatic nitrogens is 3. The van der Waals surface area contributed by atoms with E-state index in [1.54, 1.807) is 7.11 Å². The Hall–Kier alpha value is -2.89. The molecule has 0 spiro atoms. The highest BCUT2D eigenvalue weighted by Gasteiger charge is 2.13. The lowest BCUT2D eigenvalue weighted by Crippen LogP contribution is -2.36. The van der Waals surface area contributed by atoms with Crippen LogP contribution in [0.2, 0.25) is 0 Å². The smallest absolute Gasteiger partial charge is 0.224 e. The molecule has 3 rings (SSSR count). The largest absolute Gasteiger partial charge is 0.496 e. The summed E-state index contributed by atoms with van der Waals surface area (Å²) in [5.41, 5.74) is 2.68. The Bertz CT molecular complexity index is 844. The van der Waals surface area contributed by atoms with Crippen molar-refractivity contribution in [1.82, 2.24) is 20.3 Å². The summed E-state index contributed by atoms with van der Waals surface area (Å²) in [5.74, 6) is 0.680. The van der Waals surface area contributed by atoms with E-state index in [9.17, 15) is 4.79 Å². The number of carbonyl (C=O) groups excluding carboxylic acids is 1. The number of benzene rings is 2. The van der Waals surface area contributed by atoms with Crippen LogP contribution in [0, 0.1) is 0 Å². The monoisotopic (exact) mass is 324 g/mol. The van der Waals surface area contributed by atoms with Crippen LogP contribution < -0.4 is 10.1 Å². The molecule has 6 heteroatoms. The van der Waals surface area contributed by atoms with Gasteiger partial charge in [0.05, 0.1) is 25.6 Å². The van der Waals surface area contributed by atoms with Gasteiger partial charge in [-0.2, -0.15) is 0 Å². The molecular formula is C18H20N4O2. The Labute approximate surface area is 140 Å². The summed E-state index contributed by atoms with van der Waals surface area (Å²) in [6.07, 6.45) is 0.284. The molecule has 1 heterocycles. The van der Waals surface area contributed by atoms with E-state index in [1.165, 1.54) is 0 Å². The van der Waals surface area contributed by atoms with Gasteiger partial charge in [-0.15, -0.1) is 5.10 Å². The van der Waals surface area contributed by atoms with Crippen molar-refractivity contribution in [2.24, 2.45) is 0 Å². The van der Waals surface area contributed by atoms with Crippen LogP contribution in [0.3, 0.4) is 0 Å².